The molecule has 0 aliphatic heterocycles. The van der Waals surface area contributed by atoms with E-state index in [9.17, 15) is 22.8 Å². The number of anilines is 1. The number of carbonyl (C=O) groups excluding carboxylic acids is 2. The molecule has 0 unspecified atom stereocenters. The first-order valence-corrected chi connectivity index (χ1v) is 8.37. The Labute approximate surface area is 150 Å². The lowest BCUT2D eigenvalue weighted by molar-refractivity contribution is -0.141. The van der Waals surface area contributed by atoms with Crippen molar-refractivity contribution in [3.8, 4) is 5.75 Å². The summed E-state index contributed by atoms with van der Waals surface area (Å²) in [4.78, 5) is 26.6. The van der Waals surface area contributed by atoms with E-state index in [1.807, 2.05) is 0 Å². The minimum absolute atomic E-state index is 0.0834. The van der Waals surface area contributed by atoms with Crippen molar-refractivity contribution in [3.63, 3.8) is 0 Å². The minimum atomic E-state index is -4.85. The zero-order valence-electron chi connectivity index (χ0n) is 13.8. The predicted molar refractivity (Wildman–Crippen MR) is 88.6 cm³/mol. The number of aromatic nitrogens is 1. The third-order valence-corrected chi connectivity index (χ3v) is 3.94. The SMILES string of the molecule is CCOC(=O)c1sc(NC(=O)c2cccc(OCC)c2)nc1C(F)(F)F. The van der Waals surface area contributed by atoms with E-state index in [1.165, 1.54) is 19.1 Å². The molecule has 1 aromatic carbocycles. The molecule has 0 bridgehead atoms. The van der Waals surface area contributed by atoms with Crippen molar-refractivity contribution in [2.75, 3.05) is 18.5 Å². The first kappa shape index (κ1) is 19.7. The summed E-state index contributed by atoms with van der Waals surface area (Å²) in [5.74, 6) is -1.37. The standard InChI is InChI=1S/C16H15F3N2O4S/c1-3-24-10-7-5-6-9(8-10)13(22)21-15-20-12(16(17,18)19)11(26-15)14(23)25-4-2/h5-8H,3-4H2,1-2H3,(H,20,21,22). The molecule has 0 aliphatic carbocycles. The number of hydrogen-bond donors (Lipinski definition) is 1. The van der Waals surface area contributed by atoms with Gasteiger partial charge in [0.25, 0.3) is 5.91 Å². The summed E-state index contributed by atoms with van der Waals surface area (Å²) in [5, 5.41) is 1.91. The van der Waals surface area contributed by atoms with Gasteiger partial charge in [0.05, 0.1) is 13.2 Å². The number of halogens is 3. The van der Waals surface area contributed by atoms with Crippen molar-refractivity contribution in [2.45, 2.75) is 20.0 Å². The van der Waals surface area contributed by atoms with Crippen LogP contribution >= 0.6 is 11.3 Å². The van der Waals surface area contributed by atoms with Gasteiger partial charge in [-0.05, 0) is 32.0 Å². The second-order valence-corrected chi connectivity index (χ2v) is 5.83. The summed E-state index contributed by atoms with van der Waals surface area (Å²) >= 11 is 0.403. The van der Waals surface area contributed by atoms with Crippen LogP contribution in [0.3, 0.4) is 0 Å². The smallest absolute Gasteiger partial charge is 0.435 e. The number of amides is 1. The lowest BCUT2D eigenvalue weighted by Gasteiger charge is -2.06. The molecule has 1 amide bonds. The van der Waals surface area contributed by atoms with Crippen LogP contribution in [0.25, 0.3) is 0 Å². The first-order valence-electron chi connectivity index (χ1n) is 7.55. The Morgan fingerprint density at radius 1 is 1.23 bits per heavy atom. The summed E-state index contributed by atoms with van der Waals surface area (Å²) in [6, 6.07) is 6.14. The molecule has 0 saturated carbocycles. The van der Waals surface area contributed by atoms with Gasteiger partial charge in [-0.1, -0.05) is 17.4 Å². The minimum Gasteiger partial charge on any atom is -0.494 e. The van der Waals surface area contributed by atoms with E-state index in [2.05, 4.69) is 15.0 Å². The normalized spacial score (nSPS) is 11.1. The van der Waals surface area contributed by atoms with Gasteiger partial charge in [-0.2, -0.15) is 13.2 Å². The largest absolute Gasteiger partial charge is 0.494 e. The van der Waals surface area contributed by atoms with Crippen LogP contribution < -0.4 is 10.1 Å². The second-order valence-electron chi connectivity index (χ2n) is 4.83. The lowest BCUT2D eigenvalue weighted by atomic mass is 10.2. The number of nitrogens with zero attached hydrogens (tertiary/aromatic N) is 1. The average Bonchev–Trinajstić information content (AvgIpc) is 3.00. The Hall–Kier alpha value is -2.62. The molecule has 26 heavy (non-hydrogen) atoms. The third-order valence-electron chi connectivity index (χ3n) is 2.98. The summed E-state index contributed by atoms with van der Waals surface area (Å²) in [5.41, 5.74) is -1.21. The van der Waals surface area contributed by atoms with E-state index in [1.54, 1.807) is 19.1 Å². The monoisotopic (exact) mass is 388 g/mol. The van der Waals surface area contributed by atoms with Gasteiger partial charge < -0.3 is 9.47 Å². The maximum atomic E-state index is 13.1. The maximum absolute atomic E-state index is 13.1. The van der Waals surface area contributed by atoms with E-state index >= 15 is 0 Å². The van der Waals surface area contributed by atoms with Gasteiger partial charge in [0.15, 0.2) is 10.8 Å². The fourth-order valence-electron chi connectivity index (χ4n) is 1.96. The summed E-state index contributed by atoms with van der Waals surface area (Å²) in [6.45, 7) is 3.56. The number of carbonyl (C=O) groups is 2. The molecule has 2 aromatic rings. The lowest BCUT2D eigenvalue weighted by Crippen LogP contribution is -2.14. The zero-order valence-corrected chi connectivity index (χ0v) is 14.7. The number of esters is 1. The zero-order chi connectivity index (χ0) is 19.3. The molecular weight excluding hydrogens is 373 g/mol. The van der Waals surface area contributed by atoms with Crippen LogP contribution in [0.15, 0.2) is 24.3 Å². The molecule has 0 aliphatic rings. The van der Waals surface area contributed by atoms with Gasteiger partial charge in [-0.3, -0.25) is 10.1 Å². The number of benzene rings is 1. The number of alkyl halides is 3. The molecule has 0 radical (unpaired) electrons. The molecule has 2 rings (SSSR count). The quantitative estimate of drug-likeness (QED) is 0.757. The highest BCUT2D eigenvalue weighted by Crippen LogP contribution is 2.36. The Balaban J connectivity index is 2.27. The molecular formula is C16H15F3N2O4S. The highest BCUT2D eigenvalue weighted by atomic mass is 32.1. The number of nitrogens with one attached hydrogen (secondary N) is 1. The Morgan fingerprint density at radius 2 is 1.96 bits per heavy atom. The van der Waals surface area contributed by atoms with Crippen LogP contribution in [0, 0.1) is 0 Å². The Bertz CT molecular complexity index is 805. The van der Waals surface area contributed by atoms with E-state index < -0.39 is 28.6 Å². The van der Waals surface area contributed by atoms with Crippen LogP contribution in [-0.2, 0) is 10.9 Å². The molecule has 1 N–H and O–H groups in total. The van der Waals surface area contributed by atoms with Crippen LogP contribution in [-0.4, -0.2) is 30.1 Å². The predicted octanol–water partition coefficient (Wildman–Crippen LogP) is 3.99. The number of ether oxygens (including phenoxy) is 2. The van der Waals surface area contributed by atoms with E-state index in [0.29, 0.717) is 23.7 Å². The van der Waals surface area contributed by atoms with Crippen molar-refractivity contribution in [2.24, 2.45) is 0 Å². The number of thiazole rings is 1. The van der Waals surface area contributed by atoms with Crippen molar-refractivity contribution < 1.29 is 32.2 Å². The molecule has 10 heteroatoms. The molecule has 0 fully saturated rings. The fraction of sp³-hybridized carbons (Fsp3) is 0.312. The van der Waals surface area contributed by atoms with E-state index in [0.717, 1.165) is 0 Å². The van der Waals surface area contributed by atoms with Crippen LogP contribution in [0.4, 0.5) is 18.3 Å². The van der Waals surface area contributed by atoms with Crippen molar-refractivity contribution in [3.05, 3.63) is 40.4 Å². The summed E-state index contributed by atoms with van der Waals surface area (Å²) in [6.07, 6.45) is -4.85. The topological polar surface area (TPSA) is 77.5 Å². The highest BCUT2D eigenvalue weighted by Gasteiger charge is 2.40. The molecule has 1 aromatic heterocycles. The molecule has 1 heterocycles. The Morgan fingerprint density at radius 3 is 2.58 bits per heavy atom. The number of hydrogen-bond acceptors (Lipinski definition) is 6. The summed E-state index contributed by atoms with van der Waals surface area (Å²) < 4.78 is 49.1. The molecule has 0 saturated heterocycles. The van der Waals surface area contributed by atoms with Gasteiger partial charge in [0.2, 0.25) is 0 Å². The van der Waals surface area contributed by atoms with Gasteiger partial charge in [-0.25, -0.2) is 9.78 Å². The van der Waals surface area contributed by atoms with E-state index in [4.69, 9.17) is 4.74 Å². The molecule has 140 valence electrons. The van der Waals surface area contributed by atoms with Crippen molar-refractivity contribution in [1.82, 2.24) is 4.98 Å². The van der Waals surface area contributed by atoms with Gasteiger partial charge in [0.1, 0.15) is 10.6 Å². The Kier molecular flexibility index (Phi) is 6.19. The molecule has 0 atom stereocenters. The van der Waals surface area contributed by atoms with Crippen LogP contribution in [0.2, 0.25) is 0 Å². The third kappa shape index (κ3) is 4.72. The highest BCUT2D eigenvalue weighted by molar-refractivity contribution is 7.17. The summed E-state index contributed by atoms with van der Waals surface area (Å²) in [7, 11) is 0. The maximum Gasteiger partial charge on any atom is 0.435 e. The van der Waals surface area contributed by atoms with Crippen LogP contribution in [0.1, 0.15) is 39.6 Å². The van der Waals surface area contributed by atoms with Crippen molar-refractivity contribution in [1.29, 1.82) is 0 Å². The average molecular weight is 388 g/mol. The fourth-order valence-corrected chi connectivity index (χ4v) is 2.84. The van der Waals surface area contributed by atoms with Gasteiger partial charge in [-0.15, -0.1) is 0 Å². The second kappa shape index (κ2) is 8.17. The number of rotatable bonds is 6. The van der Waals surface area contributed by atoms with Crippen molar-refractivity contribution >= 4 is 28.3 Å². The van der Waals surface area contributed by atoms with E-state index in [-0.39, 0.29) is 17.3 Å². The molecule has 6 nitrogen and oxygen atoms in total. The van der Waals surface area contributed by atoms with Crippen LogP contribution in [0.5, 0.6) is 5.75 Å². The van der Waals surface area contributed by atoms with Gasteiger partial charge in [0, 0.05) is 5.56 Å². The van der Waals surface area contributed by atoms with Gasteiger partial charge >= 0.3 is 12.1 Å². The first-order chi connectivity index (χ1) is 12.3. The molecule has 0 spiro atoms.